The second-order valence-corrected chi connectivity index (χ2v) is 4.10. The van der Waals surface area contributed by atoms with Crippen molar-refractivity contribution in [2.75, 3.05) is 25.1 Å². The molecule has 2 aromatic carbocycles. The summed E-state index contributed by atoms with van der Waals surface area (Å²) in [6.07, 6.45) is 1.08. The van der Waals surface area contributed by atoms with Crippen molar-refractivity contribution in [1.82, 2.24) is 0 Å². The van der Waals surface area contributed by atoms with Gasteiger partial charge in [0.1, 0.15) is 0 Å². The number of nitrogens with one attached hydrogen (secondary N) is 1. The molecule has 2 nitrogen and oxygen atoms in total. The molecule has 17 heavy (non-hydrogen) atoms. The van der Waals surface area contributed by atoms with Crippen LogP contribution >= 0.6 is 0 Å². The summed E-state index contributed by atoms with van der Waals surface area (Å²) in [6, 6.07) is 14.8. The maximum atomic E-state index is 5.43. The second-order valence-electron chi connectivity index (χ2n) is 4.10. The van der Waals surface area contributed by atoms with Crippen molar-refractivity contribution in [3.63, 3.8) is 0 Å². The lowest BCUT2D eigenvalue weighted by atomic mass is 10.1. The zero-order valence-corrected chi connectivity index (χ0v) is 10.3. The molecule has 90 valence electrons. The van der Waals surface area contributed by atoms with Gasteiger partial charge in [0, 0.05) is 18.8 Å². The van der Waals surface area contributed by atoms with Gasteiger partial charge in [-0.1, -0.05) is 37.3 Å². The number of hydrogen-bond acceptors (Lipinski definition) is 2. The first-order valence-electron chi connectivity index (χ1n) is 6.20. The van der Waals surface area contributed by atoms with Gasteiger partial charge in [0.05, 0.1) is 6.61 Å². The predicted octanol–water partition coefficient (Wildman–Crippen LogP) is 3.68. The summed E-state index contributed by atoms with van der Waals surface area (Å²) in [7, 11) is 0. The minimum Gasteiger partial charge on any atom is -0.383 e. The topological polar surface area (TPSA) is 21.3 Å². The summed E-state index contributed by atoms with van der Waals surface area (Å²) in [4.78, 5) is 0. The molecule has 1 N–H and O–H groups in total. The van der Waals surface area contributed by atoms with E-state index in [0.29, 0.717) is 0 Å². The number of benzene rings is 2. The van der Waals surface area contributed by atoms with Gasteiger partial charge in [0.15, 0.2) is 0 Å². The Bertz CT molecular complexity index is 467. The average molecular weight is 229 g/mol. The predicted molar refractivity (Wildman–Crippen MR) is 73.5 cm³/mol. The van der Waals surface area contributed by atoms with Gasteiger partial charge in [-0.2, -0.15) is 0 Å². The number of fused-ring (bicyclic) bond motifs is 1. The van der Waals surface area contributed by atoms with E-state index in [9.17, 15) is 0 Å². The highest BCUT2D eigenvalue weighted by atomic mass is 16.5. The van der Waals surface area contributed by atoms with Gasteiger partial charge < -0.3 is 10.1 Å². The minimum absolute atomic E-state index is 0.765. The molecule has 0 amide bonds. The van der Waals surface area contributed by atoms with E-state index in [0.717, 1.165) is 31.9 Å². The maximum Gasteiger partial charge on any atom is 0.0639 e. The van der Waals surface area contributed by atoms with Crippen LogP contribution in [-0.4, -0.2) is 19.8 Å². The molecule has 0 bridgehead atoms. The maximum absolute atomic E-state index is 5.43. The molecular weight excluding hydrogens is 210 g/mol. The summed E-state index contributed by atoms with van der Waals surface area (Å²) in [5.74, 6) is 0. The van der Waals surface area contributed by atoms with E-state index in [1.165, 1.54) is 10.8 Å². The molecule has 0 aliphatic rings. The van der Waals surface area contributed by atoms with Crippen molar-refractivity contribution < 1.29 is 4.74 Å². The lowest BCUT2D eigenvalue weighted by Crippen LogP contribution is -2.09. The fraction of sp³-hybridized carbons (Fsp3) is 0.333. The largest absolute Gasteiger partial charge is 0.383 e. The summed E-state index contributed by atoms with van der Waals surface area (Å²) in [6.45, 7) is 4.59. The molecule has 0 fully saturated rings. The fourth-order valence-electron chi connectivity index (χ4n) is 1.81. The molecule has 0 aliphatic carbocycles. The molecule has 0 aromatic heterocycles. The molecule has 0 saturated carbocycles. The minimum atomic E-state index is 0.765. The Balaban J connectivity index is 1.90. The molecule has 0 saturated heterocycles. The molecular formula is C15H19NO. The molecule has 2 rings (SSSR count). The van der Waals surface area contributed by atoms with Gasteiger partial charge in [0.25, 0.3) is 0 Å². The molecule has 0 spiro atoms. The zero-order valence-electron chi connectivity index (χ0n) is 10.3. The quantitative estimate of drug-likeness (QED) is 0.763. The third-order valence-electron chi connectivity index (χ3n) is 2.67. The molecule has 2 aromatic rings. The van der Waals surface area contributed by atoms with Crippen LogP contribution in [0.3, 0.4) is 0 Å². The fourth-order valence-corrected chi connectivity index (χ4v) is 1.81. The standard InChI is InChI=1S/C15H19NO/c1-2-10-17-11-9-16-15-8-7-13-5-3-4-6-14(13)12-15/h3-8,12,16H,2,9-11H2,1H3. The number of anilines is 1. The SMILES string of the molecule is CCCOCCNc1ccc2ccccc2c1. The van der Waals surface area contributed by atoms with Crippen LogP contribution in [0.4, 0.5) is 5.69 Å². The number of hydrogen-bond donors (Lipinski definition) is 1. The lowest BCUT2D eigenvalue weighted by Gasteiger charge is -2.08. The first kappa shape index (κ1) is 11.9. The Kier molecular flexibility index (Phi) is 4.39. The second kappa shape index (κ2) is 6.26. The van der Waals surface area contributed by atoms with Crippen LogP contribution in [0.25, 0.3) is 10.8 Å². The Hall–Kier alpha value is -1.54. The van der Waals surface area contributed by atoms with E-state index in [-0.39, 0.29) is 0 Å². The average Bonchev–Trinajstić information content (AvgIpc) is 2.38. The summed E-state index contributed by atoms with van der Waals surface area (Å²) in [5.41, 5.74) is 1.16. The van der Waals surface area contributed by atoms with E-state index < -0.39 is 0 Å². The van der Waals surface area contributed by atoms with Gasteiger partial charge in [0.2, 0.25) is 0 Å². The zero-order chi connectivity index (χ0) is 11.9. The van der Waals surface area contributed by atoms with E-state index >= 15 is 0 Å². The van der Waals surface area contributed by atoms with Crippen molar-refractivity contribution in [2.45, 2.75) is 13.3 Å². The Morgan fingerprint density at radius 2 is 1.82 bits per heavy atom. The van der Waals surface area contributed by atoms with Crippen LogP contribution in [0.5, 0.6) is 0 Å². The highest BCUT2D eigenvalue weighted by Crippen LogP contribution is 2.18. The van der Waals surface area contributed by atoms with Crippen LogP contribution in [0, 0.1) is 0 Å². The van der Waals surface area contributed by atoms with Gasteiger partial charge in [-0.3, -0.25) is 0 Å². The van der Waals surface area contributed by atoms with Crippen LogP contribution < -0.4 is 5.32 Å². The molecule has 0 radical (unpaired) electrons. The Morgan fingerprint density at radius 1 is 1.00 bits per heavy atom. The van der Waals surface area contributed by atoms with E-state index in [4.69, 9.17) is 4.74 Å². The van der Waals surface area contributed by atoms with Crippen LogP contribution in [0.1, 0.15) is 13.3 Å². The van der Waals surface area contributed by atoms with Crippen molar-refractivity contribution in [3.05, 3.63) is 42.5 Å². The Morgan fingerprint density at radius 3 is 2.65 bits per heavy atom. The van der Waals surface area contributed by atoms with Crippen molar-refractivity contribution in [3.8, 4) is 0 Å². The van der Waals surface area contributed by atoms with Crippen molar-refractivity contribution >= 4 is 16.5 Å². The molecule has 0 aliphatic heterocycles. The van der Waals surface area contributed by atoms with Gasteiger partial charge >= 0.3 is 0 Å². The van der Waals surface area contributed by atoms with Crippen LogP contribution in [0.2, 0.25) is 0 Å². The normalized spacial score (nSPS) is 10.6. The van der Waals surface area contributed by atoms with Crippen molar-refractivity contribution in [1.29, 1.82) is 0 Å². The summed E-state index contributed by atoms with van der Waals surface area (Å²) in [5, 5.41) is 5.92. The van der Waals surface area contributed by atoms with Crippen LogP contribution in [0.15, 0.2) is 42.5 Å². The van der Waals surface area contributed by atoms with E-state index in [2.05, 4.69) is 54.7 Å². The highest BCUT2D eigenvalue weighted by molar-refractivity contribution is 5.85. The van der Waals surface area contributed by atoms with Crippen LogP contribution in [-0.2, 0) is 4.74 Å². The van der Waals surface area contributed by atoms with Crippen molar-refractivity contribution in [2.24, 2.45) is 0 Å². The smallest absolute Gasteiger partial charge is 0.0639 e. The number of rotatable bonds is 6. The van der Waals surface area contributed by atoms with Gasteiger partial charge in [-0.25, -0.2) is 0 Å². The highest BCUT2D eigenvalue weighted by Gasteiger charge is 1.95. The molecule has 0 atom stereocenters. The third kappa shape index (κ3) is 3.46. The first-order valence-corrected chi connectivity index (χ1v) is 6.20. The first-order chi connectivity index (χ1) is 8.40. The molecule has 2 heteroatoms. The molecule has 0 unspecified atom stereocenters. The molecule has 0 heterocycles. The third-order valence-corrected chi connectivity index (χ3v) is 2.67. The monoisotopic (exact) mass is 229 g/mol. The van der Waals surface area contributed by atoms with Gasteiger partial charge in [-0.05, 0) is 29.3 Å². The summed E-state index contributed by atoms with van der Waals surface area (Å²) >= 11 is 0. The Labute approximate surface area is 103 Å². The van der Waals surface area contributed by atoms with E-state index in [1.54, 1.807) is 0 Å². The number of ether oxygens (including phenoxy) is 1. The van der Waals surface area contributed by atoms with Gasteiger partial charge in [-0.15, -0.1) is 0 Å². The van der Waals surface area contributed by atoms with E-state index in [1.807, 2.05) is 0 Å². The summed E-state index contributed by atoms with van der Waals surface area (Å²) < 4.78 is 5.43. The lowest BCUT2D eigenvalue weighted by molar-refractivity contribution is 0.144.